The van der Waals surface area contributed by atoms with Gasteiger partial charge in [0.05, 0.1) is 12.6 Å². The van der Waals surface area contributed by atoms with E-state index in [1.165, 1.54) is 11.3 Å². The van der Waals surface area contributed by atoms with Gasteiger partial charge in [-0.05, 0) is 24.3 Å². The van der Waals surface area contributed by atoms with Gasteiger partial charge in [0, 0.05) is 11.1 Å². The molecule has 16 heavy (non-hydrogen) atoms. The molecule has 2 rings (SSSR count). The molecule has 0 aliphatic rings. The van der Waals surface area contributed by atoms with Crippen molar-refractivity contribution in [2.24, 2.45) is 0 Å². The van der Waals surface area contributed by atoms with E-state index in [-0.39, 0.29) is 5.91 Å². The molecule has 1 amide bonds. The summed E-state index contributed by atoms with van der Waals surface area (Å²) in [5.41, 5.74) is 2.78. The second-order valence-corrected chi connectivity index (χ2v) is 3.77. The topological polar surface area (TPSA) is 51.2 Å². The maximum absolute atomic E-state index is 11.6. The van der Waals surface area contributed by atoms with Gasteiger partial charge < -0.3 is 10.1 Å². The van der Waals surface area contributed by atoms with E-state index in [2.05, 4.69) is 10.3 Å². The normalized spacial score (nSPS) is 9.81. The Labute approximate surface area is 96.9 Å². The fourth-order valence-electron chi connectivity index (χ4n) is 1.19. The van der Waals surface area contributed by atoms with Crippen molar-refractivity contribution in [1.82, 2.24) is 4.98 Å². The summed E-state index contributed by atoms with van der Waals surface area (Å²) in [6, 6.07) is 7.14. The first-order valence-corrected chi connectivity index (χ1v) is 5.57. The van der Waals surface area contributed by atoms with Gasteiger partial charge in [0.15, 0.2) is 0 Å². The summed E-state index contributed by atoms with van der Waals surface area (Å²) in [4.78, 5) is 15.6. The summed E-state index contributed by atoms with van der Waals surface area (Å²) in [6.45, 7) is 0. The summed E-state index contributed by atoms with van der Waals surface area (Å²) in [5.74, 6) is 0.554. The van der Waals surface area contributed by atoms with Gasteiger partial charge in [-0.25, -0.2) is 4.98 Å². The number of nitrogens with zero attached hydrogens (tertiary/aromatic N) is 1. The van der Waals surface area contributed by atoms with Gasteiger partial charge in [-0.3, -0.25) is 4.79 Å². The molecule has 0 fully saturated rings. The van der Waals surface area contributed by atoms with E-state index in [4.69, 9.17) is 4.74 Å². The van der Waals surface area contributed by atoms with Crippen molar-refractivity contribution < 1.29 is 9.53 Å². The predicted octanol–water partition coefficient (Wildman–Crippen LogP) is 2.40. The van der Waals surface area contributed by atoms with Crippen LogP contribution < -0.4 is 10.1 Å². The zero-order valence-corrected chi connectivity index (χ0v) is 9.45. The van der Waals surface area contributed by atoms with Crippen molar-refractivity contribution in [3.05, 3.63) is 40.8 Å². The number of hydrogen-bond donors (Lipinski definition) is 1. The number of aromatic nitrogens is 1. The minimum Gasteiger partial charge on any atom is -0.497 e. The van der Waals surface area contributed by atoms with E-state index in [0.29, 0.717) is 5.69 Å². The summed E-state index contributed by atoms with van der Waals surface area (Å²) in [7, 11) is 1.60. The van der Waals surface area contributed by atoms with Crippen molar-refractivity contribution in [2.45, 2.75) is 0 Å². The largest absolute Gasteiger partial charge is 0.497 e. The molecule has 4 nitrogen and oxygen atoms in total. The Hall–Kier alpha value is -1.88. The molecule has 0 spiro atoms. The van der Waals surface area contributed by atoms with Crippen LogP contribution in [0.15, 0.2) is 35.2 Å². The fourth-order valence-corrected chi connectivity index (χ4v) is 1.73. The minimum absolute atomic E-state index is 0.202. The van der Waals surface area contributed by atoms with E-state index >= 15 is 0 Å². The van der Waals surface area contributed by atoms with E-state index in [9.17, 15) is 4.79 Å². The highest BCUT2D eigenvalue weighted by atomic mass is 32.1. The maximum Gasteiger partial charge on any atom is 0.275 e. The smallest absolute Gasteiger partial charge is 0.275 e. The van der Waals surface area contributed by atoms with Crippen molar-refractivity contribution >= 4 is 22.9 Å². The maximum atomic E-state index is 11.6. The third-order valence-electron chi connectivity index (χ3n) is 2.01. The van der Waals surface area contributed by atoms with Crippen LogP contribution in [-0.2, 0) is 0 Å². The molecule has 0 bridgehead atoms. The number of carbonyl (C=O) groups is 1. The van der Waals surface area contributed by atoms with Gasteiger partial charge >= 0.3 is 0 Å². The van der Waals surface area contributed by atoms with Crippen LogP contribution in [0.2, 0.25) is 0 Å². The number of anilines is 1. The van der Waals surface area contributed by atoms with Gasteiger partial charge in [0.2, 0.25) is 0 Å². The summed E-state index contributed by atoms with van der Waals surface area (Å²) in [6.07, 6.45) is 0. The highest BCUT2D eigenvalue weighted by Gasteiger charge is 2.07. The SMILES string of the molecule is COc1ccc(NC(=O)c2cscn2)cc1. The molecule has 0 unspecified atom stereocenters. The average molecular weight is 234 g/mol. The van der Waals surface area contributed by atoms with Crippen molar-refractivity contribution in [3.8, 4) is 5.75 Å². The summed E-state index contributed by atoms with van der Waals surface area (Å²) < 4.78 is 5.02. The number of nitrogens with one attached hydrogen (secondary N) is 1. The number of benzene rings is 1. The van der Waals surface area contributed by atoms with E-state index < -0.39 is 0 Å². The third kappa shape index (κ3) is 2.38. The Bertz CT molecular complexity index is 465. The molecule has 0 aliphatic heterocycles. The lowest BCUT2D eigenvalue weighted by Gasteiger charge is -2.04. The van der Waals surface area contributed by atoms with Gasteiger partial charge in [0.25, 0.3) is 5.91 Å². The average Bonchev–Trinajstić information content (AvgIpc) is 2.83. The molecule has 0 saturated carbocycles. The fraction of sp³-hybridized carbons (Fsp3) is 0.0909. The third-order valence-corrected chi connectivity index (χ3v) is 2.60. The zero-order valence-electron chi connectivity index (χ0n) is 8.64. The summed E-state index contributed by atoms with van der Waals surface area (Å²) >= 11 is 1.39. The Morgan fingerprint density at radius 3 is 2.69 bits per heavy atom. The standard InChI is InChI=1S/C11H10N2O2S/c1-15-9-4-2-8(3-5-9)13-11(14)10-6-16-7-12-10/h2-7H,1H3,(H,13,14). The summed E-state index contributed by atoms with van der Waals surface area (Å²) in [5, 5.41) is 4.45. The molecular formula is C11H10N2O2S. The number of rotatable bonds is 3. The van der Waals surface area contributed by atoms with Gasteiger partial charge in [0.1, 0.15) is 11.4 Å². The van der Waals surface area contributed by atoms with Crippen LogP contribution in [0.1, 0.15) is 10.5 Å². The first-order chi connectivity index (χ1) is 7.79. The molecular weight excluding hydrogens is 224 g/mol. The van der Waals surface area contributed by atoms with Crippen LogP contribution >= 0.6 is 11.3 Å². The quantitative estimate of drug-likeness (QED) is 0.887. The van der Waals surface area contributed by atoms with Crippen molar-refractivity contribution in [3.63, 3.8) is 0 Å². The highest BCUT2D eigenvalue weighted by molar-refractivity contribution is 7.07. The van der Waals surface area contributed by atoms with Crippen LogP contribution in [-0.4, -0.2) is 18.0 Å². The minimum atomic E-state index is -0.202. The molecule has 1 N–H and O–H groups in total. The lowest BCUT2D eigenvalue weighted by atomic mass is 10.3. The molecule has 0 aliphatic carbocycles. The zero-order chi connectivity index (χ0) is 11.4. The predicted molar refractivity (Wildman–Crippen MR) is 63.1 cm³/mol. The van der Waals surface area contributed by atoms with E-state index in [1.54, 1.807) is 42.3 Å². The Morgan fingerprint density at radius 2 is 2.12 bits per heavy atom. The molecule has 1 aromatic heterocycles. The number of thiazole rings is 1. The Kier molecular flexibility index (Phi) is 3.16. The highest BCUT2D eigenvalue weighted by Crippen LogP contribution is 2.15. The molecule has 82 valence electrons. The van der Waals surface area contributed by atoms with Gasteiger partial charge in [-0.1, -0.05) is 0 Å². The van der Waals surface area contributed by atoms with Gasteiger partial charge in [-0.2, -0.15) is 0 Å². The van der Waals surface area contributed by atoms with Crippen LogP contribution in [0.3, 0.4) is 0 Å². The monoisotopic (exact) mass is 234 g/mol. The molecule has 0 saturated heterocycles. The lowest BCUT2D eigenvalue weighted by molar-refractivity contribution is 0.102. The molecule has 5 heteroatoms. The Morgan fingerprint density at radius 1 is 1.38 bits per heavy atom. The number of ether oxygens (including phenoxy) is 1. The van der Waals surface area contributed by atoms with Gasteiger partial charge in [-0.15, -0.1) is 11.3 Å². The van der Waals surface area contributed by atoms with Crippen LogP contribution in [0, 0.1) is 0 Å². The molecule has 0 atom stereocenters. The van der Waals surface area contributed by atoms with E-state index in [0.717, 1.165) is 11.4 Å². The number of carbonyl (C=O) groups excluding carboxylic acids is 1. The lowest BCUT2D eigenvalue weighted by Crippen LogP contribution is -2.11. The molecule has 1 aromatic carbocycles. The number of amides is 1. The first kappa shape index (κ1) is 10.6. The Balaban J connectivity index is 2.06. The van der Waals surface area contributed by atoms with Crippen molar-refractivity contribution in [1.29, 1.82) is 0 Å². The second kappa shape index (κ2) is 4.76. The number of hydrogen-bond acceptors (Lipinski definition) is 4. The van der Waals surface area contributed by atoms with Crippen LogP contribution in [0.25, 0.3) is 0 Å². The van der Waals surface area contributed by atoms with Crippen molar-refractivity contribution in [2.75, 3.05) is 12.4 Å². The first-order valence-electron chi connectivity index (χ1n) is 4.63. The van der Waals surface area contributed by atoms with Crippen LogP contribution in [0.5, 0.6) is 5.75 Å². The second-order valence-electron chi connectivity index (χ2n) is 3.06. The van der Waals surface area contributed by atoms with E-state index in [1.807, 2.05) is 0 Å². The van der Waals surface area contributed by atoms with Crippen LogP contribution in [0.4, 0.5) is 5.69 Å². The molecule has 2 aromatic rings. The molecule has 0 radical (unpaired) electrons. The number of methoxy groups -OCH3 is 1. The molecule has 1 heterocycles.